The Morgan fingerprint density at radius 1 is 0.903 bits per heavy atom. The Kier molecular flexibility index (Phi) is 5.42. The van der Waals surface area contributed by atoms with E-state index in [2.05, 4.69) is 58.0 Å². The zero-order chi connectivity index (χ0) is 22.0. The molecule has 0 aliphatic heterocycles. The molecule has 0 spiro atoms. The Balaban J connectivity index is 1.40. The zero-order valence-corrected chi connectivity index (χ0v) is 20.0. The second-order valence-corrected chi connectivity index (χ2v) is 12.3. The van der Waals surface area contributed by atoms with Crippen molar-refractivity contribution in [3.8, 4) is 0 Å². The Morgan fingerprint density at radius 3 is 2.32 bits per heavy atom. The first kappa shape index (κ1) is 21.7. The van der Waals surface area contributed by atoms with E-state index in [4.69, 9.17) is 0 Å². The third-order valence-corrected chi connectivity index (χ3v) is 10.5. The van der Waals surface area contributed by atoms with Crippen LogP contribution in [-0.4, -0.2) is 22.4 Å². The molecule has 0 bridgehead atoms. The fourth-order valence-corrected chi connectivity index (χ4v) is 8.43. The minimum absolute atomic E-state index is 0.0300. The van der Waals surface area contributed by atoms with E-state index < -0.39 is 0 Å². The van der Waals surface area contributed by atoms with Crippen LogP contribution in [0.15, 0.2) is 29.8 Å². The minimum atomic E-state index is -0.304. The lowest BCUT2D eigenvalue weighted by molar-refractivity contribution is -0.133. The summed E-state index contributed by atoms with van der Waals surface area (Å²) in [7, 11) is 0. The summed E-state index contributed by atoms with van der Waals surface area (Å²) in [6, 6.07) is 8.93. The molecule has 31 heavy (non-hydrogen) atoms. The molecule has 1 aromatic rings. The van der Waals surface area contributed by atoms with E-state index in [9.17, 15) is 10.2 Å². The lowest BCUT2D eigenvalue weighted by Crippen LogP contribution is -2.54. The van der Waals surface area contributed by atoms with Crippen LogP contribution in [-0.2, 0) is 0 Å². The van der Waals surface area contributed by atoms with E-state index in [0.29, 0.717) is 23.2 Å². The molecule has 0 aromatic heterocycles. The van der Waals surface area contributed by atoms with E-state index in [1.165, 1.54) is 42.4 Å². The predicted octanol–water partition coefficient (Wildman–Crippen LogP) is 6.57. The highest BCUT2D eigenvalue weighted by atomic mass is 16.3. The van der Waals surface area contributed by atoms with Gasteiger partial charge in [0.2, 0.25) is 0 Å². The third-order valence-electron chi connectivity index (χ3n) is 10.5. The van der Waals surface area contributed by atoms with Gasteiger partial charge < -0.3 is 10.2 Å². The molecule has 5 rings (SSSR count). The van der Waals surface area contributed by atoms with Gasteiger partial charge in [0.15, 0.2) is 0 Å². The van der Waals surface area contributed by atoms with Crippen LogP contribution in [0.2, 0.25) is 0 Å². The number of aliphatic hydroxyl groups is 2. The molecule has 0 amide bonds. The fraction of sp³-hybridized carbons (Fsp3) is 0.724. The maximum absolute atomic E-state index is 11.5. The molecule has 0 unspecified atom stereocenters. The van der Waals surface area contributed by atoms with Crippen LogP contribution in [0.5, 0.6) is 0 Å². The second-order valence-electron chi connectivity index (χ2n) is 12.3. The van der Waals surface area contributed by atoms with Gasteiger partial charge >= 0.3 is 0 Å². The highest BCUT2D eigenvalue weighted by Crippen LogP contribution is 2.67. The van der Waals surface area contributed by atoms with Crippen molar-refractivity contribution in [2.75, 3.05) is 0 Å². The highest BCUT2D eigenvalue weighted by Gasteiger charge is 2.61. The average Bonchev–Trinajstić information content (AvgIpc) is 2.99. The summed E-state index contributed by atoms with van der Waals surface area (Å²) in [4.78, 5) is 0. The number of rotatable bonds is 2. The van der Waals surface area contributed by atoms with E-state index in [0.717, 1.165) is 37.5 Å². The molecule has 4 fully saturated rings. The second kappa shape index (κ2) is 7.73. The van der Waals surface area contributed by atoms with Crippen molar-refractivity contribution in [1.82, 2.24) is 0 Å². The summed E-state index contributed by atoms with van der Waals surface area (Å²) in [5.74, 6) is 3.36. The molecule has 2 N–H and O–H groups in total. The summed E-state index contributed by atoms with van der Waals surface area (Å²) in [5, 5.41) is 21.7. The molecule has 8 atom stereocenters. The molecule has 170 valence electrons. The Morgan fingerprint density at radius 2 is 1.61 bits per heavy atom. The largest absolute Gasteiger partial charge is 0.393 e. The van der Waals surface area contributed by atoms with E-state index >= 15 is 0 Å². The lowest BCUT2D eigenvalue weighted by Gasteiger charge is -2.60. The summed E-state index contributed by atoms with van der Waals surface area (Å²) in [6.07, 6.45) is 11.1. The van der Waals surface area contributed by atoms with Crippen molar-refractivity contribution in [3.05, 3.63) is 41.0 Å². The van der Waals surface area contributed by atoms with E-state index in [-0.39, 0.29) is 17.6 Å². The summed E-state index contributed by atoms with van der Waals surface area (Å²) >= 11 is 0. The molecular weight excluding hydrogens is 380 g/mol. The van der Waals surface area contributed by atoms with Crippen LogP contribution >= 0.6 is 0 Å². The first-order chi connectivity index (χ1) is 14.7. The Bertz CT molecular complexity index is 839. The van der Waals surface area contributed by atoms with Crippen molar-refractivity contribution in [3.63, 3.8) is 0 Å². The van der Waals surface area contributed by atoms with Gasteiger partial charge in [-0.05, 0) is 103 Å². The lowest BCUT2D eigenvalue weighted by atomic mass is 9.45. The zero-order valence-electron chi connectivity index (χ0n) is 20.0. The van der Waals surface area contributed by atoms with Crippen molar-refractivity contribution < 1.29 is 10.2 Å². The standard InChI is InChI=1S/C29H42O2/c1-18(2)20-7-5-19(6-8-20)15-21-16-26-24-10-9-22-17-23(30)11-13-28(22,3)25(24)12-14-29(26,4)27(21)31/h5-8,15,18,22-27,30-31H,9-14,16-17H2,1-4H3/b21-15-/t22-,23-,24-,25+,26+,27-,28-,29-/m0/s1. The number of hydrogen-bond acceptors (Lipinski definition) is 2. The molecular formula is C29H42O2. The van der Waals surface area contributed by atoms with Gasteiger partial charge in [0.25, 0.3) is 0 Å². The predicted molar refractivity (Wildman–Crippen MR) is 128 cm³/mol. The quantitative estimate of drug-likeness (QED) is 0.566. The minimum Gasteiger partial charge on any atom is -0.393 e. The smallest absolute Gasteiger partial charge is 0.0809 e. The molecule has 0 heterocycles. The normalized spacial score (nSPS) is 46.0. The maximum Gasteiger partial charge on any atom is 0.0809 e. The van der Waals surface area contributed by atoms with Gasteiger partial charge in [-0.25, -0.2) is 0 Å². The summed E-state index contributed by atoms with van der Waals surface area (Å²) in [5.41, 5.74) is 4.29. The number of hydrogen-bond donors (Lipinski definition) is 2. The number of aliphatic hydroxyl groups excluding tert-OH is 2. The number of benzene rings is 1. The van der Waals surface area contributed by atoms with Crippen molar-refractivity contribution in [2.24, 2.45) is 34.5 Å². The molecule has 0 radical (unpaired) electrons. The van der Waals surface area contributed by atoms with Crippen LogP contribution in [0, 0.1) is 34.5 Å². The fourth-order valence-electron chi connectivity index (χ4n) is 8.43. The molecule has 1 aromatic carbocycles. The van der Waals surface area contributed by atoms with Crippen molar-refractivity contribution >= 4 is 6.08 Å². The van der Waals surface area contributed by atoms with Gasteiger partial charge in [-0.15, -0.1) is 0 Å². The topological polar surface area (TPSA) is 40.5 Å². The maximum atomic E-state index is 11.5. The van der Waals surface area contributed by atoms with Gasteiger partial charge in [0, 0.05) is 5.41 Å². The SMILES string of the molecule is CC(C)c1ccc(/C=C2/C[C@@H]3[C@H]4CC[C@H]5C[C@@H](O)CC[C@]5(C)[C@@H]4CC[C@]3(C)[C@H]2O)cc1. The summed E-state index contributed by atoms with van der Waals surface area (Å²) in [6.45, 7) is 9.39. The molecule has 0 saturated heterocycles. The van der Waals surface area contributed by atoms with Gasteiger partial charge in [-0.3, -0.25) is 0 Å². The highest BCUT2D eigenvalue weighted by molar-refractivity contribution is 5.56. The Hall–Kier alpha value is -1.12. The average molecular weight is 423 g/mol. The molecule has 2 heteroatoms. The first-order valence-corrected chi connectivity index (χ1v) is 12.9. The van der Waals surface area contributed by atoms with Crippen LogP contribution in [0.4, 0.5) is 0 Å². The van der Waals surface area contributed by atoms with Crippen LogP contribution in [0.25, 0.3) is 6.08 Å². The monoisotopic (exact) mass is 422 g/mol. The van der Waals surface area contributed by atoms with E-state index in [1.54, 1.807) is 0 Å². The molecule has 2 nitrogen and oxygen atoms in total. The van der Waals surface area contributed by atoms with Crippen LogP contribution in [0.3, 0.4) is 0 Å². The van der Waals surface area contributed by atoms with Gasteiger partial charge in [0.05, 0.1) is 12.2 Å². The van der Waals surface area contributed by atoms with Gasteiger partial charge in [-0.2, -0.15) is 0 Å². The van der Waals surface area contributed by atoms with Gasteiger partial charge in [-0.1, -0.05) is 58.0 Å². The molecule has 4 aliphatic carbocycles. The van der Waals surface area contributed by atoms with E-state index in [1.807, 2.05) is 0 Å². The number of fused-ring (bicyclic) bond motifs is 5. The molecule has 4 aliphatic rings. The summed E-state index contributed by atoms with van der Waals surface area (Å²) < 4.78 is 0. The van der Waals surface area contributed by atoms with Crippen LogP contribution < -0.4 is 0 Å². The van der Waals surface area contributed by atoms with Crippen LogP contribution in [0.1, 0.15) is 96.1 Å². The third kappa shape index (κ3) is 3.44. The first-order valence-electron chi connectivity index (χ1n) is 12.9. The van der Waals surface area contributed by atoms with Gasteiger partial charge in [0.1, 0.15) is 0 Å². The Labute approximate surface area is 189 Å². The van der Waals surface area contributed by atoms with Crippen molar-refractivity contribution in [2.45, 2.75) is 97.2 Å². The van der Waals surface area contributed by atoms with Crippen molar-refractivity contribution in [1.29, 1.82) is 0 Å². The molecule has 4 saturated carbocycles.